The molecule has 5 nitrogen and oxygen atoms in total. The van der Waals surface area contributed by atoms with Crippen LogP contribution in [0, 0.1) is 23.7 Å². The van der Waals surface area contributed by atoms with Crippen molar-refractivity contribution in [3.63, 3.8) is 0 Å². The number of fused-ring (bicyclic) bond motifs is 3. The number of para-hydroxylation sites is 1. The zero-order valence-corrected chi connectivity index (χ0v) is 17.0. The molecule has 5 unspecified atom stereocenters. The van der Waals surface area contributed by atoms with E-state index in [4.69, 9.17) is 9.84 Å². The molecule has 1 fully saturated rings. The lowest BCUT2D eigenvalue weighted by molar-refractivity contribution is -0.137. The zero-order valence-electron chi connectivity index (χ0n) is 17.0. The molecule has 2 aliphatic rings. The third-order valence-corrected chi connectivity index (χ3v) is 6.04. The Labute approximate surface area is 172 Å². The normalized spacial score (nSPS) is 26.9. The lowest BCUT2D eigenvalue weighted by Gasteiger charge is -2.19. The summed E-state index contributed by atoms with van der Waals surface area (Å²) in [6.45, 7) is 3.75. The molecule has 6 atom stereocenters. The molecule has 0 bridgehead atoms. The highest BCUT2D eigenvalue weighted by atomic mass is 16.5. The summed E-state index contributed by atoms with van der Waals surface area (Å²) >= 11 is 0. The van der Waals surface area contributed by atoms with E-state index in [2.05, 4.69) is 11.8 Å². The van der Waals surface area contributed by atoms with E-state index < -0.39 is 18.2 Å². The number of rotatable bonds is 8. The Balaban J connectivity index is 1.75. The zero-order chi connectivity index (χ0) is 21.0. The van der Waals surface area contributed by atoms with Crippen LogP contribution in [-0.4, -0.2) is 39.6 Å². The topological polar surface area (TPSA) is 87.0 Å². The van der Waals surface area contributed by atoms with Gasteiger partial charge in [-0.25, -0.2) is 0 Å². The smallest absolute Gasteiger partial charge is 0.303 e. The molecule has 0 radical (unpaired) electrons. The Kier molecular flexibility index (Phi) is 7.00. The van der Waals surface area contributed by atoms with Gasteiger partial charge in [0.1, 0.15) is 11.9 Å². The highest BCUT2D eigenvalue weighted by Gasteiger charge is 2.48. The van der Waals surface area contributed by atoms with Gasteiger partial charge in [-0.2, -0.15) is 0 Å². The van der Waals surface area contributed by atoms with Crippen molar-refractivity contribution in [1.29, 1.82) is 0 Å². The third-order valence-electron chi connectivity index (χ3n) is 6.04. The van der Waals surface area contributed by atoms with Crippen LogP contribution in [0.25, 0.3) is 0 Å². The van der Waals surface area contributed by atoms with Crippen molar-refractivity contribution in [2.24, 2.45) is 11.8 Å². The minimum Gasteiger partial charge on any atom is -0.489 e. The fraction of sp³-hybridized carbons (Fsp3) is 0.542. The van der Waals surface area contributed by atoms with Gasteiger partial charge in [0.05, 0.1) is 12.2 Å². The van der Waals surface area contributed by atoms with Gasteiger partial charge in [-0.05, 0) is 31.2 Å². The minimum atomic E-state index is -0.790. The van der Waals surface area contributed by atoms with Gasteiger partial charge >= 0.3 is 5.97 Å². The number of carboxylic acid groups (broad SMARTS) is 1. The van der Waals surface area contributed by atoms with Gasteiger partial charge in [0.25, 0.3) is 0 Å². The number of aryl methyl sites for hydroxylation is 1. The maximum atomic E-state index is 10.8. The molecular weight excluding hydrogens is 368 g/mol. The number of carboxylic acids is 1. The van der Waals surface area contributed by atoms with Gasteiger partial charge in [0.15, 0.2) is 0 Å². The predicted molar refractivity (Wildman–Crippen MR) is 111 cm³/mol. The van der Waals surface area contributed by atoms with Crippen LogP contribution in [0.4, 0.5) is 0 Å². The second-order valence-corrected chi connectivity index (χ2v) is 8.13. The van der Waals surface area contributed by atoms with E-state index in [0.29, 0.717) is 25.7 Å². The summed E-state index contributed by atoms with van der Waals surface area (Å²) in [6.07, 6.45) is 5.07. The quantitative estimate of drug-likeness (QED) is 0.462. The number of aliphatic hydroxyl groups is 2. The number of benzene rings is 1. The molecule has 5 heteroatoms. The van der Waals surface area contributed by atoms with Gasteiger partial charge < -0.3 is 20.1 Å². The van der Waals surface area contributed by atoms with Crippen LogP contribution in [0.1, 0.15) is 56.6 Å². The van der Waals surface area contributed by atoms with Crippen LogP contribution in [0.15, 0.2) is 30.4 Å². The Bertz CT molecular complexity index is 818. The van der Waals surface area contributed by atoms with Crippen LogP contribution in [0.5, 0.6) is 5.75 Å². The van der Waals surface area contributed by atoms with E-state index >= 15 is 0 Å². The Morgan fingerprint density at radius 1 is 1.41 bits per heavy atom. The average molecular weight is 398 g/mol. The van der Waals surface area contributed by atoms with Crippen molar-refractivity contribution in [1.82, 2.24) is 0 Å². The van der Waals surface area contributed by atoms with Crippen LogP contribution >= 0.6 is 0 Å². The second-order valence-electron chi connectivity index (χ2n) is 8.13. The van der Waals surface area contributed by atoms with Crippen LogP contribution in [-0.2, 0) is 11.2 Å². The Hall–Kier alpha value is -2.29. The summed E-state index contributed by atoms with van der Waals surface area (Å²) in [4.78, 5) is 10.8. The second kappa shape index (κ2) is 9.47. The van der Waals surface area contributed by atoms with Crippen molar-refractivity contribution in [2.45, 2.75) is 70.2 Å². The predicted octanol–water partition coefficient (Wildman–Crippen LogP) is 3.29. The van der Waals surface area contributed by atoms with Gasteiger partial charge in [0, 0.05) is 36.7 Å². The number of aliphatic carboxylic acids is 1. The van der Waals surface area contributed by atoms with Crippen LogP contribution in [0.3, 0.4) is 0 Å². The number of hydrogen-bond acceptors (Lipinski definition) is 4. The first-order chi connectivity index (χ1) is 13.9. The van der Waals surface area contributed by atoms with Crippen molar-refractivity contribution in [3.05, 3.63) is 41.5 Å². The average Bonchev–Trinajstić information content (AvgIpc) is 3.19. The minimum absolute atomic E-state index is 0.0287. The van der Waals surface area contributed by atoms with Gasteiger partial charge in [-0.3, -0.25) is 4.79 Å². The molecule has 1 aromatic carbocycles. The van der Waals surface area contributed by atoms with E-state index in [0.717, 1.165) is 16.9 Å². The molecule has 1 saturated carbocycles. The van der Waals surface area contributed by atoms with Crippen molar-refractivity contribution >= 4 is 5.97 Å². The molecule has 3 N–H and O–H groups in total. The highest BCUT2D eigenvalue weighted by Crippen LogP contribution is 2.52. The molecule has 1 aliphatic heterocycles. The maximum Gasteiger partial charge on any atom is 0.303 e. The SMILES string of the molecule is CC#CCC(C)[C@H](O)C=CC1C(O)CC2Oc3c(CCCC(=O)O)cccc3C21. The van der Waals surface area contributed by atoms with E-state index in [-0.39, 0.29) is 30.3 Å². The molecule has 0 aromatic heterocycles. The number of hydrogen-bond donors (Lipinski definition) is 3. The summed E-state index contributed by atoms with van der Waals surface area (Å²) in [5.74, 6) is 5.87. The summed E-state index contributed by atoms with van der Waals surface area (Å²) < 4.78 is 6.21. The van der Waals surface area contributed by atoms with Gasteiger partial charge in [-0.15, -0.1) is 11.8 Å². The van der Waals surface area contributed by atoms with E-state index in [1.165, 1.54) is 0 Å². The Morgan fingerprint density at radius 2 is 2.21 bits per heavy atom. The molecule has 1 aromatic rings. The molecular formula is C24H30O5. The van der Waals surface area contributed by atoms with E-state index in [1.54, 1.807) is 13.0 Å². The molecule has 3 rings (SSSR count). The summed E-state index contributed by atoms with van der Waals surface area (Å²) in [7, 11) is 0. The van der Waals surface area contributed by atoms with Crippen LogP contribution < -0.4 is 4.74 Å². The van der Waals surface area contributed by atoms with Crippen molar-refractivity contribution in [3.8, 4) is 17.6 Å². The number of aliphatic hydroxyl groups excluding tert-OH is 2. The fourth-order valence-corrected chi connectivity index (χ4v) is 4.41. The van der Waals surface area contributed by atoms with Crippen molar-refractivity contribution < 1.29 is 24.9 Å². The van der Waals surface area contributed by atoms with Crippen LogP contribution in [0.2, 0.25) is 0 Å². The first-order valence-electron chi connectivity index (χ1n) is 10.4. The molecule has 29 heavy (non-hydrogen) atoms. The number of ether oxygens (including phenoxy) is 1. The third kappa shape index (κ3) is 4.83. The molecule has 156 valence electrons. The largest absolute Gasteiger partial charge is 0.489 e. The molecule has 1 aliphatic carbocycles. The Morgan fingerprint density at radius 3 is 2.93 bits per heavy atom. The molecule has 0 amide bonds. The standard InChI is InChI=1S/C24H30O5/c1-3-4-7-15(2)19(25)13-12-17-20(26)14-21-23(17)18-10-5-8-16(24(18)29-21)9-6-11-22(27)28/h5,8,10,12-13,15,17,19-21,23,25-26H,6-7,9,11,14H2,1-2H3,(H,27,28)/t15?,17?,19-,20?,21?,23?/m1/s1. The first-order valence-corrected chi connectivity index (χ1v) is 10.4. The lowest BCUT2D eigenvalue weighted by atomic mass is 9.86. The van der Waals surface area contributed by atoms with E-state index in [9.17, 15) is 15.0 Å². The molecule has 0 spiro atoms. The monoisotopic (exact) mass is 398 g/mol. The van der Waals surface area contributed by atoms with Gasteiger partial charge in [0.2, 0.25) is 0 Å². The molecule has 1 heterocycles. The van der Waals surface area contributed by atoms with Gasteiger partial charge in [-0.1, -0.05) is 37.3 Å². The fourth-order valence-electron chi connectivity index (χ4n) is 4.41. The maximum absolute atomic E-state index is 10.8. The number of carbonyl (C=O) groups is 1. The summed E-state index contributed by atoms with van der Waals surface area (Å²) in [5.41, 5.74) is 2.11. The molecule has 0 saturated heterocycles. The summed E-state index contributed by atoms with van der Waals surface area (Å²) in [5, 5.41) is 29.9. The van der Waals surface area contributed by atoms with Crippen molar-refractivity contribution in [2.75, 3.05) is 0 Å². The highest BCUT2D eigenvalue weighted by molar-refractivity contribution is 5.66. The summed E-state index contributed by atoms with van der Waals surface area (Å²) in [6, 6.07) is 6.01. The first kappa shape index (κ1) is 21.4. The lowest BCUT2D eigenvalue weighted by Crippen LogP contribution is -2.19. The van der Waals surface area contributed by atoms with E-state index in [1.807, 2.05) is 31.2 Å².